The predicted octanol–water partition coefficient (Wildman–Crippen LogP) is 10.8. The van der Waals surface area contributed by atoms with Crippen LogP contribution in [0.25, 0.3) is 0 Å². The molecule has 6 aliphatic rings. The van der Waals surface area contributed by atoms with Crippen molar-refractivity contribution in [1.29, 1.82) is 0 Å². The molecule has 9 rings (SSSR count). The number of benzene rings is 3. The largest absolute Gasteiger partial charge is 0.508 e. The van der Waals surface area contributed by atoms with Crippen molar-refractivity contribution in [2.75, 3.05) is 98.9 Å². The Hall–Kier alpha value is -3.30. The molecule has 0 unspecified atom stereocenters. The summed E-state index contributed by atoms with van der Waals surface area (Å²) < 4.78 is 37.9. The standard InChI is InChI=1S/C66H101N3O9/c1-5-66(45-76-36-33-73-30-27-67-60-51-15-9-6-12-24-63(60,2)57-42-54(70)21-18-48(57)39-51,46-77-37-34-74-31-28-68-61-52-16-10-7-13-25-64(61,3)58-43-55(71)22-19-49(58)40-52)47-78-38-35-75-32-29-69-62-53-17-11-8-14-26-65(62,4)59-44-56(72)23-20-50(59)41-53/h18-23,42-44,51-53,60-62,67-72H,5-17,24-41,45-47H2,1-4H3/t51-,52-,53-,60-,61-,62-,63+,64+,65+/m0/s1. The first-order valence-electron chi connectivity index (χ1n) is 31.1. The zero-order valence-electron chi connectivity index (χ0n) is 48.5. The number of hydrogen-bond acceptors (Lipinski definition) is 12. The lowest BCUT2D eigenvalue weighted by molar-refractivity contribution is -0.0890. The Labute approximate surface area is 469 Å². The third-order valence-electron chi connectivity index (χ3n) is 20.3. The number of fused-ring (bicyclic) bond motifs is 12. The summed E-state index contributed by atoms with van der Waals surface area (Å²) in [4.78, 5) is 0. The van der Waals surface area contributed by atoms with Crippen LogP contribution in [-0.4, -0.2) is 132 Å². The summed E-state index contributed by atoms with van der Waals surface area (Å²) >= 11 is 0. The Morgan fingerprint density at radius 2 is 0.731 bits per heavy atom. The highest BCUT2D eigenvalue weighted by atomic mass is 16.5. The van der Waals surface area contributed by atoms with Crippen LogP contribution >= 0.6 is 0 Å². The highest BCUT2D eigenvalue weighted by Crippen LogP contribution is 2.50. The van der Waals surface area contributed by atoms with Crippen molar-refractivity contribution >= 4 is 0 Å². The lowest BCUT2D eigenvalue weighted by Crippen LogP contribution is -2.55. The molecule has 3 aromatic carbocycles. The maximum absolute atomic E-state index is 10.5. The van der Waals surface area contributed by atoms with Gasteiger partial charge in [0.2, 0.25) is 0 Å². The molecule has 12 nitrogen and oxygen atoms in total. The molecule has 6 bridgehead atoms. The summed E-state index contributed by atoms with van der Waals surface area (Å²) in [5.74, 6) is 2.83. The van der Waals surface area contributed by atoms with E-state index in [9.17, 15) is 15.3 Å². The van der Waals surface area contributed by atoms with Gasteiger partial charge in [0, 0.05) is 59.4 Å². The van der Waals surface area contributed by atoms with Crippen molar-refractivity contribution < 1.29 is 43.7 Å². The van der Waals surface area contributed by atoms with Crippen molar-refractivity contribution in [2.24, 2.45) is 23.2 Å². The summed E-state index contributed by atoms with van der Waals surface area (Å²) in [7, 11) is 0. The average Bonchev–Trinajstić information content (AvgIpc) is 3.48. The van der Waals surface area contributed by atoms with Gasteiger partial charge in [-0.05, 0) is 152 Å². The third kappa shape index (κ3) is 14.3. The number of rotatable bonds is 28. The van der Waals surface area contributed by atoms with E-state index in [0.717, 1.165) is 64.6 Å². The minimum Gasteiger partial charge on any atom is -0.508 e. The molecular weight excluding hydrogens is 979 g/mol. The number of phenols is 3. The fourth-order valence-corrected chi connectivity index (χ4v) is 16.0. The summed E-state index contributed by atoms with van der Waals surface area (Å²) in [5.41, 5.74) is 7.78. The van der Waals surface area contributed by atoms with Crippen LogP contribution in [0.4, 0.5) is 0 Å². The zero-order valence-corrected chi connectivity index (χ0v) is 48.5. The monoisotopic (exact) mass is 1080 g/mol. The molecule has 6 aliphatic carbocycles. The number of aromatic hydroxyl groups is 3. The molecular formula is C66H101N3O9. The molecule has 3 fully saturated rings. The van der Waals surface area contributed by atoms with E-state index in [4.69, 9.17) is 28.4 Å². The van der Waals surface area contributed by atoms with E-state index in [1.54, 1.807) is 0 Å². The van der Waals surface area contributed by atoms with Crippen LogP contribution in [0.1, 0.15) is 164 Å². The number of nitrogens with one attached hydrogen (secondary N) is 3. The molecule has 6 N–H and O–H groups in total. The Morgan fingerprint density at radius 3 is 1.04 bits per heavy atom. The molecule has 0 heterocycles. The topological polar surface area (TPSA) is 152 Å². The molecule has 78 heavy (non-hydrogen) atoms. The smallest absolute Gasteiger partial charge is 0.115 e. The molecule has 0 radical (unpaired) electrons. The van der Waals surface area contributed by atoms with Gasteiger partial charge in [0.25, 0.3) is 0 Å². The second-order valence-electron chi connectivity index (χ2n) is 25.6. The first-order valence-corrected chi connectivity index (χ1v) is 31.1. The first kappa shape index (κ1) is 59.3. The van der Waals surface area contributed by atoms with Crippen LogP contribution in [0.15, 0.2) is 54.6 Å². The van der Waals surface area contributed by atoms with Gasteiger partial charge < -0.3 is 59.7 Å². The lowest BCUT2D eigenvalue weighted by Gasteiger charge is -2.49. The lowest BCUT2D eigenvalue weighted by atomic mass is 9.59. The summed E-state index contributed by atoms with van der Waals surface area (Å²) in [6, 6.07) is 19.2. The van der Waals surface area contributed by atoms with E-state index in [0.29, 0.717) is 132 Å². The number of phenolic OH excluding ortho intramolecular Hbond substituents is 3. The maximum atomic E-state index is 10.5. The van der Waals surface area contributed by atoms with Crippen LogP contribution in [0.5, 0.6) is 17.2 Å². The summed E-state index contributed by atoms with van der Waals surface area (Å²) in [6.45, 7) is 18.1. The van der Waals surface area contributed by atoms with Crippen LogP contribution in [0.3, 0.4) is 0 Å². The maximum Gasteiger partial charge on any atom is 0.115 e. The SMILES string of the molecule is CCC(COCCOCCN[C@H]1[C@H]2CCCCC[C@]1(C)c1cc(O)ccc1C2)(COCCOCCN[C@H]1[C@H]2CCCCC[C@]1(C)c1cc(O)ccc1C2)COCCOCCN[C@H]1[C@H]2CCCCC[C@]1(C)c1cc(O)ccc1C2. The number of ether oxygens (including phenoxy) is 6. The molecule has 0 aliphatic heterocycles. The summed E-state index contributed by atoms with van der Waals surface area (Å²) in [5, 5.41) is 43.3. The predicted molar refractivity (Wildman–Crippen MR) is 310 cm³/mol. The van der Waals surface area contributed by atoms with Crippen LogP contribution in [0.2, 0.25) is 0 Å². The third-order valence-corrected chi connectivity index (χ3v) is 20.3. The highest BCUT2D eigenvalue weighted by Gasteiger charge is 2.48. The Balaban J connectivity index is 0.722. The van der Waals surface area contributed by atoms with Crippen molar-refractivity contribution in [3.8, 4) is 17.2 Å². The van der Waals surface area contributed by atoms with Crippen molar-refractivity contribution in [3.63, 3.8) is 0 Å². The van der Waals surface area contributed by atoms with Gasteiger partial charge in [-0.2, -0.15) is 0 Å². The van der Waals surface area contributed by atoms with Crippen LogP contribution in [-0.2, 0) is 63.9 Å². The van der Waals surface area contributed by atoms with E-state index < -0.39 is 0 Å². The highest BCUT2D eigenvalue weighted by molar-refractivity contribution is 5.46. The molecule has 0 spiro atoms. The number of hydrogen-bond donors (Lipinski definition) is 6. The molecule has 9 atom stereocenters. The zero-order chi connectivity index (χ0) is 54.4. The molecule has 12 heteroatoms. The molecule has 0 aromatic heterocycles. The van der Waals surface area contributed by atoms with Crippen LogP contribution < -0.4 is 16.0 Å². The van der Waals surface area contributed by atoms with E-state index >= 15 is 0 Å². The van der Waals surface area contributed by atoms with Gasteiger partial charge in [0.1, 0.15) is 17.2 Å². The van der Waals surface area contributed by atoms with Gasteiger partial charge in [0.05, 0.1) is 79.3 Å². The molecule has 0 amide bonds. The van der Waals surface area contributed by atoms with Gasteiger partial charge in [0.15, 0.2) is 0 Å². The van der Waals surface area contributed by atoms with Crippen molar-refractivity contribution in [3.05, 3.63) is 88.0 Å². The Kier molecular flexibility index (Phi) is 21.4. The average molecular weight is 1080 g/mol. The summed E-state index contributed by atoms with van der Waals surface area (Å²) in [6.07, 6.45) is 22.4. The van der Waals surface area contributed by atoms with Gasteiger partial charge in [-0.25, -0.2) is 0 Å². The normalized spacial score (nSPS) is 28.9. The van der Waals surface area contributed by atoms with Crippen molar-refractivity contribution in [2.45, 2.75) is 184 Å². The van der Waals surface area contributed by atoms with Gasteiger partial charge >= 0.3 is 0 Å². The van der Waals surface area contributed by atoms with Gasteiger partial charge in [-0.3, -0.25) is 0 Å². The minimum atomic E-state index is -0.340. The Morgan fingerprint density at radius 1 is 0.423 bits per heavy atom. The fourth-order valence-electron chi connectivity index (χ4n) is 16.0. The second-order valence-corrected chi connectivity index (χ2v) is 25.6. The molecule has 434 valence electrons. The van der Waals surface area contributed by atoms with E-state index in [1.807, 2.05) is 36.4 Å². The second kappa shape index (κ2) is 28.1. The Bertz CT molecular complexity index is 2080. The van der Waals surface area contributed by atoms with E-state index in [2.05, 4.69) is 61.8 Å². The first-order chi connectivity index (χ1) is 37.9. The van der Waals surface area contributed by atoms with Crippen LogP contribution in [0, 0.1) is 23.2 Å². The van der Waals surface area contributed by atoms with Gasteiger partial charge in [-0.1, -0.05) is 104 Å². The molecule has 3 aromatic rings. The van der Waals surface area contributed by atoms with Gasteiger partial charge in [-0.15, -0.1) is 0 Å². The molecule has 3 saturated carbocycles. The molecule has 0 saturated heterocycles. The van der Waals surface area contributed by atoms with E-state index in [1.165, 1.54) is 110 Å². The fraction of sp³-hybridized carbons (Fsp3) is 0.727. The minimum absolute atomic E-state index is 0.0141. The van der Waals surface area contributed by atoms with Crippen molar-refractivity contribution in [1.82, 2.24) is 16.0 Å². The quantitative estimate of drug-likeness (QED) is 0.0384. The van der Waals surface area contributed by atoms with E-state index in [-0.39, 0.29) is 21.7 Å².